The van der Waals surface area contributed by atoms with Crippen molar-refractivity contribution < 1.29 is 19.0 Å². The number of aromatic carboxylic acids is 1. The summed E-state index contributed by atoms with van der Waals surface area (Å²) >= 11 is 0. The minimum atomic E-state index is -0.943. The van der Waals surface area contributed by atoms with E-state index in [1.165, 1.54) is 6.07 Å². The standard InChI is InChI=1S/C19H21FN2O3/c20-17-4-5-18(22-6-8-25-9-7-22)16(11-17)13-21-12-14-2-1-3-15(10-14)19(23)24/h1-5,10-11,21H,6-9,12-13H2,(H,23,24). The number of ether oxygens (including phenoxy) is 1. The summed E-state index contributed by atoms with van der Waals surface area (Å²) < 4.78 is 19.0. The highest BCUT2D eigenvalue weighted by molar-refractivity contribution is 5.87. The lowest BCUT2D eigenvalue weighted by atomic mass is 10.1. The number of morpholine rings is 1. The number of nitrogens with zero attached hydrogens (tertiary/aromatic N) is 1. The van der Waals surface area contributed by atoms with E-state index in [-0.39, 0.29) is 11.4 Å². The lowest BCUT2D eigenvalue weighted by molar-refractivity contribution is 0.0696. The Morgan fingerprint density at radius 1 is 1.16 bits per heavy atom. The Morgan fingerprint density at radius 2 is 1.96 bits per heavy atom. The molecule has 0 saturated carbocycles. The van der Waals surface area contributed by atoms with Gasteiger partial charge in [-0.05, 0) is 41.5 Å². The molecule has 25 heavy (non-hydrogen) atoms. The third-order valence-corrected chi connectivity index (χ3v) is 4.21. The number of carbonyl (C=O) groups is 1. The van der Waals surface area contributed by atoms with Gasteiger partial charge in [0.2, 0.25) is 0 Å². The van der Waals surface area contributed by atoms with Crippen LogP contribution >= 0.6 is 0 Å². The molecule has 1 aliphatic rings. The highest BCUT2D eigenvalue weighted by Gasteiger charge is 2.15. The molecular weight excluding hydrogens is 323 g/mol. The second-order valence-electron chi connectivity index (χ2n) is 5.98. The summed E-state index contributed by atoms with van der Waals surface area (Å²) in [5, 5.41) is 12.3. The van der Waals surface area contributed by atoms with Crippen LogP contribution in [0.4, 0.5) is 10.1 Å². The van der Waals surface area contributed by atoms with Crippen LogP contribution in [-0.4, -0.2) is 37.4 Å². The van der Waals surface area contributed by atoms with Gasteiger partial charge in [0.15, 0.2) is 0 Å². The Morgan fingerprint density at radius 3 is 2.72 bits per heavy atom. The highest BCUT2D eigenvalue weighted by atomic mass is 19.1. The van der Waals surface area contributed by atoms with E-state index in [2.05, 4.69) is 10.2 Å². The molecule has 0 aromatic heterocycles. The number of anilines is 1. The van der Waals surface area contributed by atoms with Crippen molar-refractivity contribution in [2.24, 2.45) is 0 Å². The van der Waals surface area contributed by atoms with Gasteiger partial charge >= 0.3 is 5.97 Å². The highest BCUT2D eigenvalue weighted by Crippen LogP contribution is 2.23. The van der Waals surface area contributed by atoms with Crippen molar-refractivity contribution in [1.82, 2.24) is 5.32 Å². The molecule has 0 atom stereocenters. The summed E-state index contributed by atoms with van der Waals surface area (Å²) in [5.74, 6) is -1.21. The maximum Gasteiger partial charge on any atom is 0.335 e. The van der Waals surface area contributed by atoms with E-state index >= 15 is 0 Å². The molecular formula is C19H21FN2O3. The minimum absolute atomic E-state index is 0.262. The number of halogens is 1. The number of hydrogen-bond acceptors (Lipinski definition) is 4. The van der Waals surface area contributed by atoms with Gasteiger partial charge in [-0.15, -0.1) is 0 Å². The minimum Gasteiger partial charge on any atom is -0.478 e. The van der Waals surface area contributed by atoms with Gasteiger partial charge in [-0.2, -0.15) is 0 Å². The molecule has 0 unspecified atom stereocenters. The van der Waals surface area contributed by atoms with Crippen LogP contribution in [-0.2, 0) is 17.8 Å². The Labute approximate surface area is 146 Å². The lowest BCUT2D eigenvalue weighted by Crippen LogP contribution is -2.37. The van der Waals surface area contributed by atoms with E-state index in [1.807, 2.05) is 12.1 Å². The van der Waals surface area contributed by atoms with Crippen LogP contribution in [0.3, 0.4) is 0 Å². The molecule has 0 radical (unpaired) electrons. The Bertz CT molecular complexity index is 745. The van der Waals surface area contributed by atoms with Crippen LogP contribution < -0.4 is 10.2 Å². The zero-order valence-electron chi connectivity index (χ0n) is 13.9. The van der Waals surface area contributed by atoms with E-state index in [9.17, 15) is 9.18 Å². The van der Waals surface area contributed by atoms with E-state index in [0.29, 0.717) is 26.3 Å². The number of carboxylic acids is 1. The maximum absolute atomic E-state index is 13.7. The van der Waals surface area contributed by atoms with E-state index in [0.717, 1.165) is 29.9 Å². The number of benzene rings is 2. The normalized spacial score (nSPS) is 14.5. The van der Waals surface area contributed by atoms with Gasteiger partial charge < -0.3 is 20.1 Å². The second kappa shape index (κ2) is 8.09. The summed E-state index contributed by atoms with van der Waals surface area (Å²) in [6, 6.07) is 11.6. The van der Waals surface area contributed by atoms with Gasteiger partial charge in [0.05, 0.1) is 18.8 Å². The summed E-state index contributed by atoms with van der Waals surface area (Å²) in [7, 11) is 0. The van der Waals surface area contributed by atoms with Crippen molar-refractivity contribution in [3.8, 4) is 0 Å². The summed E-state index contributed by atoms with van der Waals surface area (Å²) in [6.45, 7) is 3.94. The third-order valence-electron chi connectivity index (χ3n) is 4.21. The molecule has 0 spiro atoms. The van der Waals surface area contributed by atoms with Crippen LogP contribution in [0.25, 0.3) is 0 Å². The van der Waals surface area contributed by atoms with Crippen LogP contribution in [0.1, 0.15) is 21.5 Å². The largest absolute Gasteiger partial charge is 0.478 e. The van der Waals surface area contributed by atoms with Crippen LogP contribution in [0.2, 0.25) is 0 Å². The first-order chi connectivity index (χ1) is 12.1. The van der Waals surface area contributed by atoms with Crippen molar-refractivity contribution in [3.63, 3.8) is 0 Å². The van der Waals surface area contributed by atoms with E-state index < -0.39 is 5.97 Å². The third kappa shape index (κ3) is 4.55. The van der Waals surface area contributed by atoms with Crippen molar-refractivity contribution in [1.29, 1.82) is 0 Å². The Kier molecular flexibility index (Phi) is 5.63. The van der Waals surface area contributed by atoms with Crippen molar-refractivity contribution in [3.05, 3.63) is 65.0 Å². The molecule has 1 fully saturated rings. The van der Waals surface area contributed by atoms with Crippen LogP contribution in [0, 0.1) is 5.82 Å². The number of hydrogen-bond donors (Lipinski definition) is 2. The predicted octanol–water partition coefficient (Wildman–Crippen LogP) is 2.65. The van der Waals surface area contributed by atoms with Gasteiger partial charge in [-0.1, -0.05) is 12.1 Å². The Balaban J connectivity index is 1.67. The molecule has 5 nitrogen and oxygen atoms in total. The fourth-order valence-electron chi connectivity index (χ4n) is 2.96. The zero-order valence-corrected chi connectivity index (χ0v) is 13.9. The molecule has 1 saturated heterocycles. The maximum atomic E-state index is 13.7. The van der Waals surface area contributed by atoms with Gasteiger partial charge in [-0.3, -0.25) is 0 Å². The van der Waals surface area contributed by atoms with E-state index in [4.69, 9.17) is 9.84 Å². The first kappa shape index (κ1) is 17.4. The van der Waals surface area contributed by atoms with Crippen LogP contribution in [0.15, 0.2) is 42.5 Å². The monoisotopic (exact) mass is 344 g/mol. The number of rotatable bonds is 6. The molecule has 1 aliphatic heterocycles. The van der Waals surface area contributed by atoms with E-state index in [1.54, 1.807) is 24.3 Å². The Hall–Kier alpha value is -2.44. The molecule has 1 heterocycles. The molecule has 132 valence electrons. The average Bonchev–Trinajstić information content (AvgIpc) is 2.63. The zero-order chi connectivity index (χ0) is 17.6. The first-order valence-corrected chi connectivity index (χ1v) is 8.27. The molecule has 2 aromatic rings. The topological polar surface area (TPSA) is 61.8 Å². The van der Waals surface area contributed by atoms with Gasteiger partial charge in [-0.25, -0.2) is 9.18 Å². The molecule has 2 N–H and O–H groups in total. The summed E-state index contributed by atoms with van der Waals surface area (Å²) in [6.07, 6.45) is 0. The van der Waals surface area contributed by atoms with Gasteiger partial charge in [0, 0.05) is 31.9 Å². The van der Waals surface area contributed by atoms with Gasteiger partial charge in [0.25, 0.3) is 0 Å². The fourth-order valence-corrected chi connectivity index (χ4v) is 2.96. The van der Waals surface area contributed by atoms with Crippen molar-refractivity contribution in [2.75, 3.05) is 31.2 Å². The summed E-state index contributed by atoms with van der Waals surface area (Å²) in [5.41, 5.74) is 3.04. The predicted molar refractivity (Wildman–Crippen MR) is 93.4 cm³/mol. The molecule has 0 bridgehead atoms. The summed E-state index contributed by atoms with van der Waals surface area (Å²) in [4.78, 5) is 13.2. The SMILES string of the molecule is O=C(O)c1cccc(CNCc2cc(F)ccc2N2CCOCC2)c1. The van der Waals surface area contributed by atoms with Crippen molar-refractivity contribution >= 4 is 11.7 Å². The second-order valence-corrected chi connectivity index (χ2v) is 5.98. The average molecular weight is 344 g/mol. The fraction of sp³-hybridized carbons (Fsp3) is 0.316. The first-order valence-electron chi connectivity index (χ1n) is 8.27. The molecule has 0 amide bonds. The van der Waals surface area contributed by atoms with Gasteiger partial charge in [0.1, 0.15) is 5.82 Å². The molecule has 6 heteroatoms. The molecule has 0 aliphatic carbocycles. The molecule has 3 rings (SSSR count). The smallest absolute Gasteiger partial charge is 0.335 e. The quantitative estimate of drug-likeness (QED) is 0.844. The number of carboxylic acid groups (broad SMARTS) is 1. The number of nitrogens with one attached hydrogen (secondary N) is 1. The lowest BCUT2D eigenvalue weighted by Gasteiger charge is -2.30. The van der Waals surface area contributed by atoms with Crippen LogP contribution in [0.5, 0.6) is 0 Å². The van der Waals surface area contributed by atoms with Crippen molar-refractivity contribution in [2.45, 2.75) is 13.1 Å². The molecule has 2 aromatic carbocycles.